The molecule has 3 rings (SSSR count). The third kappa shape index (κ3) is 6.23. The highest BCUT2D eigenvalue weighted by molar-refractivity contribution is 7.90. The molecule has 1 aromatic heterocycles. The van der Waals surface area contributed by atoms with Crippen molar-refractivity contribution >= 4 is 27.7 Å². The summed E-state index contributed by atoms with van der Waals surface area (Å²) < 4.78 is 38.5. The van der Waals surface area contributed by atoms with Crippen LogP contribution in [-0.2, 0) is 26.1 Å². The maximum Gasteiger partial charge on any atom is 0.284 e. The van der Waals surface area contributed by atoms with Crippen molar-refractivity contribution in [3.63, 3.8) is 0 Å². The topological polar surface area (TPSA) is 158 Å². The number of hydrogen-bond acceptors (Lipinski definition) is 7. The van der Waals surface area contributed by atoms with Crippen LogP contribution in [0.15, 0.2) is 39.8 Å². The molecule has 0 radical (unpaired) electrons. The lowest BCUT2D eigenvalue weighted by Gasteiger charge is -2.28. The summed E-state index contributed by atoms with van der Waals surface area (Å²) in [6.45, 7) is 4.20. The zero-order valence-electron chi connectivity index (χ0n) is 19.1. The van der Waals surface area contributed by atoms with E-state index in [0.717, 1.165) is 19.1 Å². The van der Waals surface area contributed by atoms with Crippen LogP contribution in [0.5, 0.6) is 0 Å². The van der Waals surface area contributed by atoms with Crippen LogP contribution in [0, 0.1) is 12.8 Å². The van der Waals surface area contributed by atoms with Crippen molar-refractivity contribution in [2.24, 2.45) is 11.7 Å². The quantitative estimate of drug-likeness (QED) is 0.484. The van der Waals surface area contributed by atoms with Crippen molar-refractivity contribution in [2.45, 2.75) is 57.1 Å². The van der Waals surface area contributed by atoms with Crippen molar-refractivity contribution < 1.29 is 32.0 Å². The molecule has 2 atom stereocenters. The number of furan rings is 1. The van der Waals surface area contributed by atoms with E-state index in [1.165, 1.54) is 12.1 Å². The molecule has 1 aromatic carbocycles. The summed E-state index contributed by atoms with van der Waals surface area (Å²) >= 11 is 0. The molecule has 10 nitrogen and oxygen atoms in total. The number of benzene rings is 1. The van der Waals surface area contributed by atoms with Gasteiger partial charge < -0.3 is 20.2 Å². The summed E-state index contributed by atoms with van der Waals surface area (Å²) in [6, 6.07) is 5.82. The molecule has 0 bridgehead atoms. The number of hydrogen-bond donors (Lipinski definition) is 3. The maximum absolute atomic E-state index is 12.9. The van der Waals surface area contributed by atoms with E-state index in [1.54, 1.807) is 19.1 Å². The molecule has 0 spiro atoms. The molecule has 4 N–H and O–H groups in total. The van der Waals surface area contributed by atoms with Gasteiger partial charge in [-0.25, -0.2) is 13.1 Å². The Morgan fingerprint density at radius 1 is 1.21 bits per heavy atom. The highest BCUT2D eigenvalue weighted by Gasteiger charge is 2.30. The third-order valence-electron chi connectivity index (χ3n) is 5.67. The van der Waals surface area contributed by atoms with Crippen molar-refractivity contribution in [1.29, 1.82) is 0 Å². The highest BCUT2D eigenvalue weighted by Crippen LogP contribution is 2.24. The molecular formula is C23H29N3O7S. The molecule has 3 amide bonds. The zero-order chi connectivity index (χ0) is 24.9. The van der Waals surface area contributed by atoms with Gasteiger partial charge in [0.25, 0.3) is 21.8 Å². The highest BCUT2D eigenvalue weighted by atomic mass is 32.2. The van der Waals surface area contributed by atoms with E-state index in [-0.39, 0.29) is 28.9 Å². The predicted octanol–water partition coefficient (Wildman–Crippen LogP) is 2.02. The van der Waals surface area contributed by atoms with Crippen LogP contribution in [0.2, 0.25) is 0 Å². The number of primary amides is 1. The van der Waals surface area contributed by atoms with Crippen LogP contribution >= 0.6 is 0 Å². The summed E-state index contributed by atoms with van der Waals surface area (Å²) in [7, 11) is -4.05. The number of carbonyl (C=O) groups excluding carboxylic acids is 3. The fourth-order valence-electron chi connectivity index (χ4n) is 3.90. The number of nitrogens with two attached hydrogens (primary N) is 1. The van der Waals surface area contributed by atoms with Crippen LogP contribution in [0.25, 0.3) is 0 Å². The number of aryl methyl sites for hydroxylation is 1. The Balaban J connectivity index is 1.62. The lowest BCUT2D eigenvalue weighted by molar-refractivity contribution is -0.128. The Labute approximate surface area is 198 Å². The number of amides is 3. The van der Waals surface area contributed by atoms with E-state index in [1.807, 2.05) is 6.92 Å². The average molecular weight is 492 g/mol. The van der Waals surface area contributed by atoms with Crippen LogP contribution in [-0.4, -0.2) is 38.9 Å². The van der Waals surface area contributed by atoms with Gasteiger partial charge in [-0.3, -0.25) is 14.4 Å². The molecule has 2 aromatic rings. The summed E-state index contributed by atoms with van der Waals surface area (Å²) in [4.78, 5) is 35.9. The smallest absolute Gasteiger partial charge is 0.284 e. The van der Waals surface area contributed by atoms with Gasteiger partial charge >= 0.3 is 0 Å². The Kier molecular flexibility index (Phi) is 8.11. The molecular weight excluding hydrogens is 462 g/mol. The summed E-state index contributed by atoms with van der Waals surface area (Å²) in [5.41, 5.74) is 6.33. The SMILES string of the molecule is CCCC1CC(C(=O)NS(=O)(=O)c2ccc(CNC(=O)c3coc(C(N)=O)c3)cc2C)CCO1. The third-order valence-corrected chi connectivity index (χ3v) is 7.18. The minimum Gasteiger partial charge on any atom is -0.458 e. The summed E-state index contributed by atoms with van der Waals surface area (Å²) in [5.74, 6) is -2.31. The van der Waals surface area contributed by atoms with Crippen LogP contribution in [0.3, 0.4) is 0 Å². The minimum absolute atomic E-state index is 0.00553. The first-order valence-electron chi connectivity index (χ1n) is 11.0. The second kappa shape index (κ2) is 10.8. The van der Waals surface area contributed by atoms with E-state index < -0.39 is 33.7 Å². The van der Waals surface area contributed by atoms with Gasteiger partial charge in [-0.05, 0) is 43.4 Å². The maximum atomic E-state index is 12.9. The Hall–Kier alpha value is -3.18. The normalized spacial score (nSPS) is 18.3. The van der Waals surface area contributed by atoms with Gasteiger partial charge in [-0.2, -0.15) is 0 Å². The number of ether oxygens (including phenoxy) is 1. The molecule has 2 unspecified atom stereocenters. The lowest BCUT2D eigenvalue weighted by Crippen LogP contribution is -2.40. The van der Waals surface area contributed by atoms with Gasteiger partial charge in [0.05, 0.1) is 16.6 Å². The molecule has 2 heterocycles. The lowest BCUT2D eigenvalue weighted by atomic mass is 9.93. The van der Waals surface area contributed by atoms with E-state index in [0.29, 0.717) is 30.6 Å². The van der Waals surface area contributed by atoms with Crippen LogP contribution in [0.1, 0.15) is 64.6 Å². The summed E-state index contributed by atoms with van der Waals surface area (Å²) in [6.07, 6.45) is 3.85. The molecule has 0 saturated carbocycles. The Morgan fingerprint density at radius 3 is 2.62 bits per heavy atom. The standard InChI is InChI=1S/C23H29N3O7S/c1-3-4-18-10-16(7-8-32-18)23(29)26-34(30,31)20-6-5-15(9-14(20)2)12-25-22(28)17-11-19(21(24)27)33-13-17/h5-6,9,11,13,16,18H,3-4,7-8,10,12H2,1-2H3,(H2,24,27)(H,25,28)(H,26,29). The first-order chi connectivity index (χ1) is 16.1. The largest absolute Gasteiger partial charge is 0.458 e. The monoisotopic (exact) mass is 491 g/mol. The predicted molar refractivity (Wildman–Crippen MR) is 122 cm³/mol. The molecule has 1 saturated heterocycles. The fourth-order valence-corrected chi connectivity index (χ4v) is 5.18. The van der Waals surface area contributed by atoms with E-state index in [9.17, 15) is 22.8 Å². The van der Waals surface area contributed by atoms with Gasteiger partial charge in [-0.1, -0.05) is 25.5 Å². The van der Waals surface area contributed by atoms with Gasteiger partial charge in [0, 0.05) is 25.1 Å². The Bertz CT molecular complexity index is 1170. The summed E-state index contributed by atoms with van der Waals surface area (Å²) in [5, 5.41) is 2.66. The Morgan fingerprint density at radius 2 is 1.97 bits per heavy atom. The molecule has 1 aliphatic rings. The second-order valence-electron chi connectivity index (χ2n) is 8.32. The van der Waals surface area contributed by atoms with E-state index in [4.69, 9.17) is 14.9 Å². The van der Waals surface area contributed by atoms with Crippen molar-refractivity contribution in [3.05, 3.63) is 53.0 Å². The van der Waals surface area contributed by atoms with Crippen molar-refractivity contribution in [2.75, 3.05) is 6.61 Å². The molecule has 184 valence electrons. The van der Waals surface area contributed by atoms with Crippen molar-refractivity contribution in [3.8, 4) is 0 Å². The van der Waals surface area contributed by atoms with Crippen LogP contribution in [0.4, 0.5) is 0 Å². The zero-order valence-corrected chi connectivity index (χ0v) is 19.9. The average Bonchev–Trinajstić information content (AvgIpc) is 3.28. The number of nitrogens with one attached hydrogen (secondary N) is 2. The first-order valence-corrected chi connectivity index (χ1v) is 12.5. The van der Waals surface area contributed by atoms with E-state index in [2.05, 4.69) is 10.0 Å². The molecule has 11 heteroatoms. The second-order valence-corrected chi connectivity index (χ2v) is 9.97. The molecule has 34 heavy (non-hydrogen) atoms. The van der Waals surface area contributed by atoms with Gasteiger partial charge in [0.15, 0.2) is 5.76 Å². The van der Waals surface area contributed by atoms with Gasteiger partial charge in [0.2, 0.25) is 5.91 Å². The van der Waals surface area contributed by atoms with Crippen LogP contribution < -0.4 is 15.8 Å². The van der Waals surface area contributed by atoms with Gasteiger partial charge in [0.1, 0.15) is 6.26 Å². The minimum atomic E-state index is -4.05. The van der Waals surface area contributed by atoms with Crippen molar-refractivity contribution in [1.82, 2.24) is 10.0 Å². The fraction of sp³-hybridized carbons (Fsp3) is 0.435. The molecule has 1 aliphatic heterocycles. The first kappa shape index (κ1) is 25.4. The number of carbonyl (C=O) groups is 3. The van der Waals surface area contributed by atoms with Gasteiger partial charge in [-0.15, -0.1) is 0 Å². The van der Waals surface area contributed by atoms with E-state index >= 15 is 0 Å². The number of sulfonamides is 1. The molecule has 0 aliphatic carbocycles. The molecule has 1 fully saturated rings. The number of rotatable bonds is 9.